The van der Waals surface area contributed by atoms with Crippen LogP contribution in [0.25, 0.3) is 0 Å². The van der Waals surface area contributed by atoms with Crippen molar-refractivity contribution in [3.8, 4) is 0 Å². The molecule has 4 nitrogen and oxygen atoms in total. The topological polar surface area (TPSA) is 55.0 Å². The van der Waals surface area contributed by atoms with Gasteiger partial charge in [0.1, 0.15) is 0 Å². The Morgan fingerprint density at radius 2 is 2.33 bits per heavy atom. The summed E-state index contributed by atoms with van der Waals surface area (Å²) in [6, 6.07) is 0.707. The second-order valence-electron chi connectivity index (χ2n) is 5.61. The van der Waals surface area contributed by atoms with Crippen LogP contribution >= 0.6 is 0 Å². The second-order valence-corrected chi connectivity index (χ2v) is 5.61. The Balaban J connectivity index is 1.85. The molecule has 2 heterocycles. The van der Waals surface area contributed by atoms with Crippen molar-refractivity contribution >= 4 is 5.95 Å². The average Bonchev–Trinajstić information content (AvgIpc) is 2.37. The van der Waals surface area contributed by atoms with E-state index in [0.717, 1.165) is 18.8 Å². The zero-order chi connectivity index (χ0) is 12.5. The van der Waals surface area contributed by atoms with Crippen LogP contribution in [0.1, 0.15) is 37.4 Å². The van der Waals surface area contributed by atoms with E-state index < -0.39 is 0 Å². The van der Waals surface area contributed by atoms with Crippen LogP contribution in [-0.2, 0) is 12.8 Å². The van der Waals surface area contributed by atoms with Gasteiger partial charge in [0.15, 0.2) is 0 Å². The third-order valence-corrected chi connectivity index (χ3v) is 4.40. The lowest BCUT2D eigenvalue weighted by Crippen LogP contribution is -2.49. The summed E-state index contributed by atoms with van der Waals surface area (Å²) >= 11 is 0. The number of aromatic nitrogens is 2. The van der Waals surface area contributed by atoms with Gasteiger partial charge in [0.2, 0.25) is 5.95 Å². The molecule has 0 amide bonds. The standard InChI is InChI=1S/C14H22N4/c1-2-5-18-6-3-4-10-7-12-11(8-13(10)18)9-16-14(15)17-12/h9-10,13H,2-8H2,1H3,(H2,15,16,17)/t10?,13-/m1/s1. The number of nitrogens with two attached hydrogens (primary N) is 1. The largest absolute Gasteiger partial charge is 0.368 e. The van der Waals surface area contributed by atoms with E-state index >= 15 is 0 Å². The predicted molar refractivity (Wildman–Crippen MR) is 72.2 cm³/mol. The number of piperidine rings is 1. The van der Waals surface area contributed by atoms with E-state index in [9.17, 15) is 0 Å². The fourth-order valence-corrected chi connectivity index (χ4v) is 3.59. The molecule has 1 saturated heterocycles. The maximum absolute atomic E-state index is 5.69. The molecule has 1 aromatic heterocycles. The summed E-state index contributed by atoms with van der Waals surface area (Å²) in [5.41, 5.74) is 8.20. The van der Waals surface area contributed by atoms with Crippen LogP contribution in [0.4, 0.5) is 5.95 Å². The number of nitrogens with zero attached hydrogens (tertiary/aromatic N) is 3. The van der Waals surface area contributed by atoms with E-state index in [1.807, 2.05) is 6.20 Å². The molecular weight excluding hydrogens is 224 g/mol. The van der Waals surface area contributed by atoms with Gasteiger partial charge in [-0.2, -0.15) is 0 Å². The van der Waals surface area contributed by atoms with Gasteiger partial charge in [-0.3, -0.25) is 4.90 Å². The number of hydrogen-bond donors (Lipinski definition) is 1. The van der Waals surface area contributed by atoms with Crippen LogP contribution in [0.5, 0.6) is 0 Å². The van der Waals surface area contributed by atoms with Gasteiger partial charge in [-0.15, -0.1) is 0 Å². The summed E-state index contributed by atoms with van der Waals surface area (Å²) in [5, 5.41) is 0. The highest BCUT2D eigenvalue weighted by molar-refractivity contribution is 5.29. The van der Waals surface area contributed by atoms with Crippen LogP contribution in [0.2, 0.25) is 0 Å². The lowest BCUT2D eigenvalue weighted by Gasteiger charge is -2.44. The summed E-state index contributed by atoms with van der Waals surface area (Å²) in [6.45, 7) is 4.76. The molecule has 18 heavy (non-hydrogen) atoms. The van der Waals surface area contributed by atoms with Crippen LogP contribution < -0.4 is 5.73 Å². The fourth-order valence-electron chi connectivity index (χ4n) is 3.59. The number of nitrogen functional groups attached to an aromatic ring is 1. The molecule has 0 radical (unpaired) electrons. The first-order valence-electron chi connectivity index (χ1n) is 7.12. The first kappa shape index (κ1) is 11.9. The van der Waals surface area contributed by atoms with Crippen molar-refractivity contribution < 1.29 is 0 Å². The Labute approximate surface area is 109 Å². The van der Waals surface area contributed by atoms with E-state index in [2.05, 4.69) is 21.8 Å². The molecule has 3 rings (SSSR count). The molecule has 1 aliphatic heterocycles. The maximum atomic E-state index is 5.69. The van der Waals surface area contributed by atoms with Gasteiger partial charge >= 0.3 is 0 Å². The Kier molecular flexibility index (Phi) is 3.20. The Hall–Kier alpha value is -1.16. The van der Waals surface area contributed by atoms with E-state index in [-0.39, 0.29) is 0 Å². The molecule has 4 heteroatoms. The smallest absolute Gasteiger partial charge is 0.220 e. The molecule has 2 N–H and O–H groups in total. The van der Waals surface area contributed by atoms with Gasteiger partial charge in [-0.05, 0) is 56.7 Å². The molecule has 2 atom stereocenters. The predicted octanol–water partition coefficient (Wildman–Crippen LogP) is 1.65. The molecular formula is C14H22N4. The van der Waals surface area contributed by atoms with Gasteiger partial charge in [-0.1, -0.05) is 6.92 Å². The maximum Gasteiger partial charge on any atom is 0.220 e. The minimum absolute atomic E-state index is 0.424. The monoisotopic (exact) mass is 246 g/mol. The SMILES string of the molecule is CCCN1CCCC2Cc3nc(N)ncc3C[C@H]21. The van der Waals surface area contributed by atoms with Gasteiger partial charge in [0.25, 0.3) is 0 Å². The van der Waals surface area contributed by atoms with Crippen molar-refractivity contribution in [3.63, 3.8) is 0 Å². The number of rotatable bonds is 2. The van der Waals surface area contributed by atoms with Crippen molar-refractivity contribution in [2.45, 2.75) is 45.1 Å². The number of fused-ring (bicyclic) bond motifs is 2. The highest BCUT2D eigenvalue weighted by Crippen LogP contribution is 2.34. The van der Waals surface area contributed by atoms with Crippen LogP contribution in [0.15, 0.2) is 6.20 Å². The molecule has 2 aliphatic rings. The van der Waals surface area contributed by atoms with Crippen molar-refractivity contribution in [1.82, 2.24) is 14.9 Å². The molecule has 0 saturated carbocycles. The molecule has 1 unspecified atom stereocenters. The zero-order valence-electron chi connectivity index (χ0n) is 11.1. The number of likely N-dealkylation sites (tertiary alicyclic amines) is 1. The summed E-state index contributed by atoms with van der Waals surface area (Å²) in [5.74, 6) is 1.19. The molecule has 98 valence electrons. The van der Waals surface area contributed by atoms with Gasteiger partial charge in [0.05, 0.1) is 0 Å². The van der Waals surface area contributed by atoms with Gasteiger partial charge in [0, 0.05) is 17.9 Å². The lowest BCUT2D eigenvalue weighted by molar-refractivity contribution is 0.0845. The molecule has 0 bridgehead atoms. The van der Waals surface area contributed by atoms with E-state index in [4.69, 9.17) is 5.73 Å². The van der Waals surface area contributed by atoms with Crippen LogP contribution in [-0.4, -0.2) is 34.0 Å². The van der Waals surface area contributed by atoms with E-state index in [1.165, 1.54) is 43.6 Å². The Morgan fingerprint density at radius 3 is 3.17 bits per heavy atom. The van der Waals surface area contributed by atoms with Crippen molar-refractivity contribution in [2.75, 3.05) is 18.8 Å². The summed E-state index contributed by atoms with van der Waals surface area (Å²) in [4.78, 5) is 11.2. The van der Waals surface area contributed by atoms with Crippen molar-refractivity contribution in [1.29, 1.82) is 0 Å². The minimum Gasteiger partial charge on any atom is -0.368 e. The summed E-state index contributed by atoms with van der Waals surface area (Å²) < 4.78 is 0. The minimum atomic E-state index is 0.424. The molecule has 1 fully saturated rings. The first-order chi connectivity index (χ1) is 8.78. The quantitative estimate of drug-likeness (QED) is 0.862. The van der Waals surface area contributed by atoms with Crippen molar-refractivity contribution in [2.24, 2.45) is 5.92 Å². The van der Waals surface area contributed by atoms with Crippen molar-refractivity contribution in [3.05, 3.63) is 17.5 Å². The normalized spacial score (nSPS) is 27.6. The first-order valence-corrected chi connectivity index (χ1v) is 7.12. The van der Waals surface area contributed by atoms with E-state index in [1.54, 1.807) is 0 Å². The molecule has 1 aliphatic carbocycles. The third-order valence-electron chi connectivity index (χ3n) is 4.40. The van der Waals surface area contributed by atoms with Crippen LogP contribution in [0.3, 0.4) is 0 Å². The number of anilines is 1. The third kappa shape index (κ3) is 2.09. The molecule has 1 aromatic rings. The Bertz CT molecular complexity index is 430. The summed E-state index contributed by atoms with van der Waals surface area (Å²) in [7, 11) is 0. The lowest BCUT2D eigenvalue weighted by atomic mass is 9.77. The Morgan fingerprint density at radius 1 is 1.44 bits per heavy atom. The average molecular weight is 246 g/mol. The highest BCUT2D eigenvalue weighted by Gasteiger charge is 2.35. The fraction of sp³-hybridized carbons (Fsp3) is 0.714. The number of hydrogen-bond acceptors (Lipinski definition) is 4. The summed E-state index contributed by atoms with van der Waals surface area (Å²) in [6.07, 6.45) is 8.06. The second kappa shape index (κ2) is 4.84. The molecule has 0 aromatic carbocycles. The molecule has 0 spiro atoms. The van der Waals surface area contributed by atoms with Crippen LogP contribution in [0, 0.1) is 5.92 Å². The zero-order valence-corrected chi connectivity index (χ0v) is 11.1. The van der Waals surface area contributed by atoms with E-state index in [0.29, 0.717) is 12.0 Å². The highest BCUT2D eigenvalue weighted by atomic mass is 15.2. The van der Waals surface area contributed by atoms with Gasteiger partial charge < -0.3 is 5.73 Å². The van der Waals surface area contributed by atoms with Gasteiger partial charge in [-0.25, -0.2) is 9.97 Å².